The molecule has 2 aromatic carbocycles. The van der Waals surface area contributed by atoms with E-state index in [2.05, 4.69) is 28.8 Å². The third-order valence-electron chi connectivity index (χ3n) is 5.17. The lowest BCUT2D eigenvalue weighted by atomic mass is 9.88. The number of carbonyl (C=O) groups excluding carboxylic acids is 1. The first-order valence-corrected chi connectivity index (χ1v) is 8.94. The molecule has 0 fully saturated rings. The minimum Gasteiger partial charge on any atom is -0.497 e. The maximum atomic E-state index is 12.6. The van der Waals surface area contributed by atoms with Crippen molar-refractivity contribution in [2.24, 2.45) is 7.05 Å². The van der Waals surface area contributed by atoms with Gasteiger partial charge in [0.25, 0.3) is 0 Å². The number of urea groups is 1. The minimum absolute atomic E-state index is 0.0646. The summed E-state index contributed by atoms with van der Waals surface area (Å²) in [5.41, 5.74) is 3.58. The molecule has 1 aliphatic rings. The number of anilines is 1. The van der Waals surface area contributed by atoms with Crippen LogP contribution in [-0.2, 0) is 13.5 Å². The van der Waals surface area contributed by atoms with E-state index in [1.54, 1.807) is 7.11 Å². The summed E-state index contributed by atoms with van der Waals surface area (Å²) in [6.45, 7) is 0. The number of amides is 2. The first-order valence-electron chi connectivity index (χ1n) is 8.94. The van der Waals surface area contributed by atoms with E-state index in [1.807, 2.05) is 41.9 Å². The van der Waals surface area contributed by atoms with Crippen LogP contribution in [0.4, 0.5) is 10.6 Å². The molecule has 1 heterocycles. The molecule has 26 heavy (non-hydrogen) atoms. The molecule has 2 amide bonds. The molecule has 4 rings (SSSR count). The van der Waals surface area contributed by atoms with Crippen LogP contribution in [0.15, 0.2) is 48.5 Å². The fourth-order valence-electron chi connectivity index (χ4n) is 3.77. The van der Waals surface area contributed by atoms with E-state index in [4.69, 9.17) is 4.74 Å². The number of ether oxygens (including phenoxy) is 1. The van der Waals surface area contributed by atoms with Crippen molar-refractivity contribution in [1.82, 2.24) is 9.88 Å². The summed E-state index contributed by atoms with van der Waals surface area (Å²) in [5.74, 6) is 1.56. The predicted molar refractivity (Wildman–Crippen MR) is 104 cm³/mol. The summed E-state index contributed by atoms with van der Waals surface area (Å²) in [6, 6.07) is 16.1. The van der Waals surface area contributed by atoms with Gasteiger partial charge in [0, 0.05) is 18.5 Å². The Morgan fingerprint density at radius 3 is 2.88 bits per heavy atom. The summed E-state index contributed by atoms with van der Waals surface area (Å²) in [7, 11) is 3.59. The van der Waals surface area contributed by atoms with Crippen LogP contribution in [0.5, 0.6) is 5.75 Å². The summed E-state index contributed by atoms with van der Waals surface area (Å²) in [4.78, 5) is 12.6. The van der Waals surface area contributed by atoms with Crippen LogP contribution in [0.3, 0.4) is 0 Å². The smallest absolute Gasteiger partial charge is 0.320 e. The van der Waals surface area contributed by atoms with Crippen molar-refractivity contribution in [2.45, 2.75) is 25.3 Å². The van der Waals surface area contributed by atoms with Gasteiger partial charge in [-0.3, -0.25) is 5.32 Å². The molecular formula is C21H23N3O2. The molecule has 5 heteroatoms. The highest BCUT2D eigenvalue weighted by Crippen LogP contribution is 2.30. The molecule has 0 aliphatic heterocycles. The Balaban J connectivity index is 1.52. The molecule has 1 atom stereocenters. The number of methoxy groups -OCH3 is 1. The van der Waals surface area contributed by atoms with Gasteiger partial charge in [-0.2, -0.15) is 0 Å². The normalized spacial score (nSPS) is 16.2. The highest BCUT2D eigenvalue weighted by Gasteiger charge is 2.21. The average Bonchev–Trinajstić information content (AvgIpc) is 2.97. The van der Waals surface area contributed by atoms with Crippen molar-refractivity contribution in [3.8, 4) is 5.75 Å². The number of nitrogens with zero attached hydrogens (tertiary/aromatic N) is 1. The number of aryl methyl sites for hydroxylation is 2. The lowest BCUT2D eigenvalue weighted by Gasteiger charge is -2.26. The summed E-state index contributed by atoms with van der Waals surface area (Å²) >= 11 is 0. The first kappa shape index (κ1) is 16.5. The predicted octanol–water partition coefficient (Wildman–Crippen LogP) is 4.39. The molecule has 134 valence electrons. The third kappa shape index (κ3) is 3.01. The molecule has 1 aromatic heterocycles. The van der Waals surface area contributed by atoms with Crippen LogP contribution in [0.2, 0.25) is 0 Å². The Hall–Kier alpha value is -2.95. The summed E-state index contributed by atoms with van der Waals surface area (Å²) in [6.07, 6.45) is 3.15. The van der Waals surface area contributed by atoms with E-state index >= 15 is 0 Å². The second kappa shape index (κ2) is 6.75. The van der Waals surface area contributed by atoms with Crippen molar-refractivity contribution in [3.63, 3.8) is 0 Å². The summed E-state index contributed by atoms with van der Waals surface area (Å²) < 4.78 is 7.25. The minimum atomic E-state index is -0.176. The van der Waals surface area contributed by atoms with Crippen molar-refractivity contribution >= 4 is 22.8 Å². The zero-order valence-electron chi connectivity index (χ0n) is 15.1. The van der Waals surface area contributed by atoms with Crippen molar-refractivity contribution in [2.75, 3.05) is 12.4 Å². The zero-order chi connectivity index (χ0) is 18.1. The summed E-state index contributed by atoms with van der Waals surface area (Å²) in [5, 5.41) is 7.18. The number of hydrogen-bond donors (Lipinski definition) is 2. The molecule has 0 saturated heterocycles. The zero-order valence-corrected chi connectivity index (χ0v) is 15.1. The molecule has 3 aromatic rings. The van der Waals surface area contributed by atoms with E-state index in [-0.39, 0.29) is 12.1 Å². The van der Waals surface area contributed by atoms with Crippen molar-refractivity contribution in [3.05, 3.63) is 59.7 Å². The largest absolute Gasteiger partial charge is 0.497 e. The molecule has 0 saturated carbocycles. The van der Waals surface area contributed by atoms with E-state index in [9.17, 15) is 4.79 Å². The van der Waals surface area contributed by atoms with Crippen LogP contribution in [0.1, 0.15) is 30.0 Å². The number of rotatable bonds is 3. The maximum absolute atomic E-state index is 12.6. The fourth-order valence-corrected chi connectivity index (χ4v) is 3.77. The number of fused-ring (bicyclic) bond motifs is 2. The second-order valence-corrected chi connectivity index (χ2v) is 6.76. The number of aromatic nitrogens is 1. The van der Waals surface area contributed by atoms with Gasteiger partial charge in [0.2, 0.25) is 0 Å². The van der Waals surface area contributed by atoms with Gasteiger partial charge in [-0.1, -0.05) is 24.3 Å². The van der Waals surface area contributed by atoms with E-state index in [0.717, 1.165) is 41.7 Å². The first-order chi connectivity index (χ1) is 12.7. The molecule has 1 unspecified atom stereocenters. The topological polar surface area (TPSA) is 55.3 Å². The van der Waals surface area contributed by atoms with E-state index < -0.39 is 0 Å². The number of carbonyl (C=O) groups is 1. The van der Waals surface area contributed by atoms with Gasteiger partial charge >= 0.3 is 6.03 Å². The van der Waals surface area contributed by atoms with Crippen LogP contribution >= 0.6 is 0 Å². The van der Waals surface area contributed by atoms with Gasteiger partial charge in [-0.15, -0.1) is 0 Å². The number of nitrogens with one attached hydrogen (secondary N) is 2. The van der Waals surface area contributed by atoms with Crippen LogP contribution < -0.4 is 15.4 Å². The van der Waals surface area contributed by atoms with E-state index in [1.165, 1.54) is 11.1 Å². The molecule has 2 N–H and O–H groups in total. The molecule has 0 radical (unpaired) electrons. The average molecular weight is 349 g/mol. The van der Waals surface area contributed by atoms with E-state index in [0.29, 0.717) is 0 Å². The van der Waals surface area contributed by atoms with Gasteiger partial charge in [0.05, 0.1) is 18.7 Å². The lowest BCUT2D eigenvalue weighted by molar-refractivity contribution is 0.247. The van der Waals surface area contributed by atoms with Crippen LogP contribution in [-0.4, -0.2) is 17.7 Å². The lowest BCUT2D eigenvalue weighted by Crippen LogP contribution is -2.34. The van der Waals surface area contributed by atoms with Gasteiger partial charge in [-0.05, 0) is 48.6 Å². The third-order valence-corrected chi connectivity index (χ3v) is 5.17. The quantitative estimate of drug-likeness (QED) is 0.737. The van der Waals surface area contributed by atoms with Gasteiger partial charge in [-0.25, -0.2) is 4.79 Å². The Morgan fingerprint density at radius 1 is 1.19 bits per heavy atom. The number of benzene rings is 2. The second-order valence-electron chi connectivity index (χ2n) is 6.76. The monoisotopic (exact) mass is 349 g/mol. The molecule has 1 aliphatic carbocycles. The van der Waals surface area contributed by atoms with Gasteiger partial charge < -0.3 is 14.6 Å². The molecule has 5 nitrogen and oxygen atoms in total. The Morgan fingerprint density at radius 2 is 2.04 bits per heavy atom. The van der Waals surface area contributed by atoms with Gasteiger partial charge in [0.1, 0.15) is 11.6 Å². The molecule has 0 bridgehead atoms. The highest BCUT2D eigenvalue weighted by atomic mass is 16.5. The van der Waals surface area contributed by atoms with Crippen molar-refractivity contribution in [1.29, 1.82) is 0 Å². The standard InChI is InChI=1S/C21H23N3O2/c1-24-19-13-16(26-2)11-10-15(19)12-20(24)23-21(25)22-18-9-5-7-14-6-3-4-8-17(14)18/h3-4,6,8,10-13,18H,5,7,9H2,1-2H3,(H2,22,23,25). The molecular weight excluding hydrogens is 326 g/mol. The SMILES string of the molecule is COc1ccc2cc(NC(=O)NC3CCCc4ccccc43)n(C)c2c1. The molecule has 0 spiro atoms. The Bertz CT molecular complexity index is 961. The maximum Gasteiger partial charge on any atom is 0.320 e. The fraction of sp³-hybridized carbons (Fsp3) is 0.286. The van der Waals surface area contributed by atoms with Crippen LogP contribution in [0, 0.1) is 0 Å². The van der Waals surface area contributed by atoms with Gasteiger partial charge in [0.15, 0.2) is 0 Å². The Kier molecular flexibility index (Phi) is 4.29. The number of hydrogen-bond acceptors (Lipinski definition) is 2. The highest BCUT2D eigenvalue weighted by molar-refractivity contribution is 5.94. The van der Waals surface area contributed by atoms with Crippen molar-refractivity contribution < 1.29 is 9.53 Å². The Labute approximate surface area is 153 Å². The van der Waals surface area contributed by atoms with Crippen LogP contribution in [0.25, 0.3) is 10.9 Å².